The van der Waals surface area contributed by atoms with E-state index in [9.17, 15) is 0 Å². The normalized spacial score (nSPS) is 10.3. The van der Waals surface area contributed by atoms with Crippen molar-refractivity contribution in [3.05, 3.63) is 24.3 Å². The molecule has 2 aromatic rings. The van der Waals surface area contributed by atoms with E-state index in [4.69, 9.17) is 9.26 Å². The van der Waals surface area contributed by atoms with E-state index in [1.807, 2.05) is 24.3 Å². The van der Waals surface area contributed by atoms with Gasteiger partial charge in [0, 0.05) is 12.1 Å². The Kier molecular flexibility index (Phi) is 4.17. The molecule has 96 valence electrons. The molecule has 0 saturated heterocycles. The Balaban J connectivity index is 2.04. The van der Waals surface area contributed by atoms with Crippen LogP contribution in [0.4, 0.5) is 6.01 Å². The van der Waals surface area contributed by atoms with Crippen molar-refractivity contribution in [1.82, 2.24) is 10.1 Å². The molecule has 1 N–H and O–H groups in total. The van der Waals surface area contributed by atoms with Crippen LogP contribution in [0.2, 0.25) is 0 Å². The molecule has 5 nitrogen and oxygen atoms in total. The van der Waals surface area contributed by atoms with Gasteiger partial charge in [0.05, 0.1) is 7.11 Å². The number of anilines is 1. The molecule has 0 aliphatic carbocycles. The summed E-state index contributed by atoms with van der Waals surface area (Å²) in [7, 11) is 1.64. The van der Waals surface area contributed by atoms with E-state index >= 15 is 0 Å². The van der Waals surface area contributed by atoms with Crippen molar-refractivity contribution in [3.8, 4) is 17.1 Å². The monoisotopic (exact) mass is 247 g/mol. The number of benzene rings is 1. The predicted molar refractivity (Wildman–Crippen MR) is 69.7 cm³/mol. The number of aromatic nitrogens is 2. The van der Waals surface area contributed by atoms with Crippen molar-refractivity contribution < 1.29 is 9.26 Å². The molecule has 0 saturated carbocycles. The quantitative estimate of drug-likeness (QED) is 0.795. The minimum absolute atomic E-state index is 0.467. The molecule has 0 unspecified atom stereocenters. The molecule has 0 atom stereocenters. The second-order valence-electron chi connectivity index (χ2n) is 3.93. The minimum atomic E-state index is 0.467. The first-order valence-electron chi connectivity index (χ1n) is 6.05. The average molecular weight is 247 g/mol. The van der Waals surface area contributed by atoms with Gasteiger partial charge in [-0.25, -0.2) is 0 Å². The summed E-state index contributed by atoms with van der Waals surface area (Å²) in [5.74, 6) is 1.39. The van der Waals surface area contributed by atoms with Gasteiger partial charge in [-0.2, -0.15) is 4.98 Å². The Labute approximate surface area is 106 Å². The Morgan fingerprint density at radius 1 is 1.28 bits per heavy atom. The fraction of sp³-hybridized carbons (Fsp3) is 0.385. The van der Waals surface area contributed by atoms with Gasteiger partial charge in [0.1, 0.15) is 5.75 Å². The number of ether oxygens (including phenoxy) is 1. The van der Waals surface area contributed by atoms with E-state index in [-0.39, 0.29) is 0 Å². The minimum Gasteiger partial charge on any atom is -0.497 e. The van der Waals surface area contributed by atoms with Gasteiger partial charge in [-0.05, 0) is 30.7 Å². The number of nitrogens with one attached hydrogen (secondary N) is 1. The first-order valence-corrected chi connectivity index (χ1v) is 6.05. The van der Waals surface area contributed by atoms with Gasteiger partial charge in [-0.1, -0.05) is 18.5 Å². The van der Waals surface area contributed by atoms with Crippen molar-refractivity contribution in [1.29, 1.82) is 0 Å². The van der Waals surface area contributed by atoms with E-state index < -0.39 is 0 Å². The van der Waals surface area contributed by atoms with Crippen molar-refractivity contribution in [2.45, 2.75) is 19.8 Å². The maximum atomic E-state index is 5.12. The molecule has 0 radical (unpaired) electrons. The molecule has 0 spiro atoms. The molecule has 1 aromatic heterocycles. The molecule has 0 aliphatic heterocycles. The highest BCUT2D eigenvalue weighted by Gasteiger charge is 2.07. The molecule has 5 heteroatoms. The summed E-state index contributed by atoms with van der Waals surface area (Å²) in [6, 6.07) is 8.01. The van der Waals surface area contributed by atoms with Gasteiger partial charge >= 0.3 is 6.01 Å². The van der Waals surface area contributed by atoms with Crippen LogP contribution in [0.1, 0.15) is 19.8 Å². The molecule has 1 aromatic carbocycles. The Bertz CT molecular complexity index is 479. The van der Waals surface area contributed by atoms with Crippen molar-refractivity contribution >= 4 is 6.01 Å². The summed E-state index contributed by atoms with van der Waals surface area (Å²) in [5.41, 5.74) is 0.906. The van der Waals surface area contributed by atoms with E-state index in [0.29, 0.717) is 11.8 Å². The summed E-state index contributed by atoms with van der Waals surface area (Å²) in [5, 5.41) is 7.02. The van der Waals surface area contributed by atoms with Crippen LogP contribution < -0.4 is 10.1 Å². The lowest BCUT2D eigenvalue weighted by Crippen LogP contribution is -2.00. The smallest absolute Gasteiger partial charge is 0.321 e. The van der Waals surface area contributed by atoms with Crippen LogP contribution in [0.15, 0.2) is 28.8 Å². The molecule has 0 bridgehead atoms. The van der Waals surface area contributed by atoms with Gasteiger partial charge in [0.2, 0.25) is 5.82 Å². The van der Waals surface area contributed by atoms with Gasteiger partial charge in [0.15, 0.2) is 0 Å². The number of unbranched alkanes of at least 4 members (excludes halogenated alkanes) is 1. The van der Waals surface area contributed by atoms with E-state index in [0.717, 1.165) is 30.7 Å². The molecular formula is C13H17N3O2. The average Bonchev–Trinajstić information content (AvgIpc) is 2.88. The summed E-state index contributed by atoms with van der Waals surface area (Å²) in [6.45, 7) is 2.99. The van der Waals surface area contributed by atoms with E-state index in [1.165, 1.54) is 0 Å². The molecule has 0 aliphatic rings. The van der Waals surface area contributed by atoms with E-state index in [2.05, 4.69) is 22.4 Å². The van der Waals surface area contributed by atoms with Gasteiger partial charge < -0.3 is 14.6 Å². The van der Waals surface area contributed by atoms with Gasteiger partial charge in [-0.15, -0.1) is 0 Å². The van der Waals surface area contributed by atoms with Gasteiger partial charge in [-0.3, -0.25) is 0 Å². The zero-order chi connectivity index (χ0) is 12.8. The highest BCUT2D eigenvalue weighted by atomic mass is 16.5. The standard InChI is InChI=1S/C13H17N3O2/c1-3-4-9-14-13-15-12(16-18-13)10-5-7-11(17-2)8-6-10/h5-8H,3-4,9H2,1-2H3,(H,14,15,16). The zero-order valence-corrected chi connectivity index (χ0v) is 10.6. The van der Waals surface area contributed by atoms with Crippen LogP contribution in [-0.2, 0) is 0 Å². The second kappa shape index (κ2) is 6.05. The van der Waals surface area contributed by atoms with Crippen LogP contribution in [0.25, 0.3) is 11.4 Å². The summed E-state index contributed by atoms with van der Waals surface area (Å²) in [6.07, 6.45) is 2.22. The molecule has 18 heavy (non-hydrogen) atoms. The maximum Gasteiger partial charge on any atom is 0.321 e. The number of methoxy groups -OCH3 is 1. The zero-order valence-electron chi connectivity index (χ0n) is 10.6. The van der Waals surface area contributed by atoms with Gasteiger partial charge in [0.25, 0.3) is 0 Å². The third-order valence-electron chi connectivity index (χ3n) is 2.58. The Morgan fingerprint density at radius 2 is 2.06 bits per heavy atom. The maximum absolute atomic E-state index is 5.12. The highest BCUT2D eigenvalue weighted by molar-refractivity contribution is 5.56. The fourth-order valence-electron chi connectivity index (χ4n) is 1.52. The van der Waals surface area contributed by atoms with E-state index in [1.54, 1.807) is 7.11 Å². The highest BCUT2D eigenvalue weighted by Crippen LogP contribution is 2.20. The number of nitrogens with zero attached hydrogens (tertiary/aromatic N) is 2. The van der Waals surface area contributed by atoms with Crippen LogP contribution in [0.3, 0.4) is 0 Å². The molecule has 0 fully saturated rings. The molecular weight excluding hydrogens is 230 g/mol. The van der Waals surface area contributed by atoms with Crippen LogP contribution in [-0.4, -0.2) is 23.8 Å². The topological polar surface area (TPSA) is 60.2 Å². The number of hydrogen-bond acceptors (Lipinski definition) is 5. The first-order chi connectivity index (χ1) is 8.83. The van der Waals surface area contributed by atoms with Crippen LogP contribution in [0, 0.1) is 0 Å². The summed E-state index contributed by atoms with van der Waals surface area (Å²) < 4.78 is 10.2. The Hall–Kier alpha value is -2.04. The lowest BCUT2D eigenvalue weighted by atomic mass is 10.2. The largest absolute Gasteiger partial charge is 0.497 e. The summed E-state index contributed by atoms with van der Waals surface area (Å²) in [4.78, 5) is 4.28. The summed E-state index contributed by atoms with van der Waals surface area (Å²) >= 11 is 0. The molecule has 2 rings (SSSR count). The predicted octanol–water partition coefficient (Wildman–Crippen LogP) is 2.96. The first kappa shape index (κ1) is 12.4. The van der Waals surface area contributed by atoms with Crippen molar-refractivity contribution in [3.63, 3.8) is 0 Å². The molecule has 0 amide bonds. The SMILES string of the molecule is CCCCNc1nc(-c2ccc(OC)cc2)no1. The fourth-order valence-corrected chi connectivity index (χ4v) is 1.52. The van der Waals surface area contributed by atoms with Crippen LogP contribution >= 0.6 is 0 Å². The Morgan fingerprint density at radius 3 is 2.72 bits per heavy atom. The number of hydrogen-bond donors (Lipinski definition) is 1. The lowest BCUT2D eigenvalue weighted by Gasteiger charge is -1.99. The van der Waals surface area contributed by atoms with Crippen molar-refractivity contribution in [2.24, 2.45) is 0 Å². The van der Waals surface area contributed by atoms with Crippen LogP contribution in [0.5, 0.6) is 5.75 Å². The third kappa shape index (κ3) is 3.00. The second-order valence-corrected chi connectivity index (χ2v) is 3.93. The lowest BCUT2D eigenvalue weighted by molar-refractivity contribution is 0.414. The molecule has 1 heterocycles. The number of rotatable bonds is 6. The third-order valence-corrected chi connectivity index (χ3v) is 2.58. The van der Waals surface area contributed by atoms with Crippen molar-refractivity contribution in [2.75, 3.05) is 19.0 Å².